The van der Waals surface area contributed by atoms with E-state index >= 15 is 0 Å². The standard InChI is InChI=1S/C8H8FNO4/c9-6-7(11)4(2-14-10)1-5-8(6)13-3-12-5/h1,11H,2-3,10H2. The van der Waals surface area contributed by atoms with E-state index in [1.165, 1.54) is 6.07 Å². The lowest BCUT2D eigenvalue weighted by atomic mass is 10.2. The fourth-order valence-corrected chi connectivity index (χ4v) is 1.24. The molecule has 0 unspecified atom stereocenters. The van der Waals surface area contributed by atoms with Crippen LogP contribution in [0.5, 0.6) is 17.2 Å². The second-order valence-electron chi connectivity index (χ2n) is 2.74. The van der Waals surface area contributed by atoms with Gasteiger partial charge in [0.15, 0.2) is 11.5 Å². The molecule has 0 fully saturated rings. The van der Waals surface area contributed by atoms with Crippen LogP contribution >= 0.6 is 0 Å². The summed E-state index contributed by atoms with van der Waals surface area (Å²) in [6, 6.07) is 1.42. The van der Waals surface area contributed by atoms with Gasteiger partial charge in [0.05, 0.1) is 6.61 Å². The van der Waals surface area contributed by atoms with Crippen molar-refractivity contribution in [2.24, 2.45) is 5.90 Å². The van der Waals surface area contributed by atoms with Gasteiger partial charge < -0.3 is 14.6 Å². The maximum atomic E-state index is 13.3. The smallest absolute Gasteiger partial charge is 0.231 e. The highest BCUT2D eigenvalue weighted by Crippen LogP contribution is 2.41. The Morgan fingerprint density at radius 2 is 2.36 bits per heavy atom. The van der Waals surface area contributed by atoms with Crippen LogP contribution in [0.2, 0.25) is 0 Å². The van der Waals surface area contributed by atoms with Crippen molar-refractivity contribution in [2.75, 3.05) is 6.79 Å². The minimum atomic E-state index is -0.855. The zero-order valence-electron chi connectivity index (χ0n) is 7.12. The van der Waals surface area contributed by atoms with Gasteiger partial charge in [-0.2, -0.15) is 4.39 Å². The average Bonchev–Trinajstić information content (AvgIpc) is 2.62. The van der Waals surface area contributed by atoms with Gasteiger partial charge in [-0.1, -0.05) is 0 Å². The van der Waals surface area contributed by atoms with Gasteiger partial charge in [0.1, 0.15) is 0 Å². The minimum absolute atomic E-state index is 0.0569. The molecule has 0 aromatic heterocycles. The highest BCUT2D eigenvalue weighted by Gasteiger charge is 2.24. The summed E-state index contributed by atoms with van der Waals surface area (Å²) in [5.41, 5.74) is 0.217. The van der Waals surface area contributed by atoms with Crippen LogP contribution in [0, 0.1) is 5.82 Å². The van der Waals surface area contributed by atoms with E-state index in [1.54, 1.807) is 0 Å². The molecule has 3 N–H and O–H groups in total. The van der Waals surface area contributed by atoms with E-state index in [-0.39, 0.29) is 30.5 Å². The number of phenols is 1. The van der Waals surface area contributed by atoms with Gasteiger partial charge >= 0.3 is 0 Å². The van der Waals surface area contributed by atoms with Gasteiger partial charge in [0.25, 0.3) is 0 Å². The molecule has 1 heterocycles. The van der Waals surface area contributed by atoms with Crippen molar-refractivity contribution in [3.63, 3.8) is 0 Å². The number of phenolic OH excluding ortho intramolecular Hbond substituents is 1. The number of halogens is 1. The molecule has 1 aliphatic rings. The first-order valence-corrected chi connectivity index (χ1v) is 3.85. The first kappa shape index (κ1) is 9.04. The second kappa shape index (κ2) is 3.32. The summed E-state index contributed by atoms with van der Waals surface area (Å²) in [6.07, 6.45) is 0. The van der Waals surface area contributed by atoms with Crippen molar-refractivity contribution in [2.45, 2.75) is 6.61 Å². The van der Waals surface area contributed by atoms with E-state index in [0.29, 0.717) is 0 Å². The third-order valence-corrected chi connectivity index (χ3v) is 1.90. The molecule has 0 aliphatic carbocycles. The molecular formula is C8H8FNO4. The number of aromatic hydroxyl groups is 1. The molecule has 0 saturated heterocycles. The molecule has 0 amide bonds. The molecule has 0 spiro atoms. The van der Waals surface area contributed by atoms with Gasteiger partial charge in [0.2, 0.25) is 18.4 Å². The Morgan fingerprint density at radius 1 is 1.57 bits per heavy atom. The van der Waals surface area contributed by atoms with Crippen LogP contribution in [0.25, 0.3) is 0 Å². The predicted molar refractivity (Wildman–Crippen MR) is 43.2 cm³/mol. The highest BCUT2D eigenvalue weighted by atomic mass is 19.1. The summed E-state index contributed by atoms with van der Waals surface area (Å²) in [4.78, 5) is 4.30. The van der Waals surface area contributed by atoms with Crippen LogP contribution in [0.15, 0.2) is 6.07 Å². The van der Waals surface area contributed by atoms with E-state index in [9.17, 15) is 9.50 Å². The summed E-state index contributed by atoms with van der Waals surface area (Å²) < 4.78 is 23.1. The predicted octanol–water partition coefficient (Wildman–Crippen LogP) is 0.650. The molecule has 0 radical (unpaired) electrons. The Balaban J connectivity index is 2.49. The Hall–Kier alpha value is -1.53. The third-order valence-electron chi connectivity index (χ3n) is 1.90. The van der Waals surface area contributed by atoms with E-state index in [4.69, 9.17) is 15.4 Å². The monoisotopic (exact) mass is 201 g/mol. The molecule has 14 heavy (non-hydrogen) atoms. The van der Waals surface area contributed by atoms with Gasteiger partial charge in [-0.3, -0.25) is 4.84 Å². The summed E-state index contributed by atoms with van der Waals surface area (Å²) in [6.45, 7) is -0.155. The molecule has 6 heteroatoms. The maximum absolute atomic E-state index is 13.3. The largest absolute Gasteiger partial charge is 0.504 e. The zero-order valence-corrected chi connectivity index (χ0v) is 7.12. The van der Waals surface area contributed by atoms with Crippen LogP contribution in [0.1, 0.15) is 5.56 Å². The molecule has 0 bridgehead atoms. The molecule has 2 rings (SSSR count). The number of ether oxygens (including phenoxy) is 2. The van der Waals surface area contributed by atoms with Crippen LogP contribution in [-0.4, -0.2) is 11.9 Å². The fourth-order valence-electron chi connectivity index (χ4n) is 1.24. The Kier molecular flexibility index (Phi) is 2.14. The van der Waals surface area contributed by atoms with Gasteiger partial charge in [-0.15, -0.1) is 0 Å². The second-order valence-corrected chi connectivity index (χ2v) is 2.74. The lowest BCUT2D eigenvalue weighted by Gasteiger charge is -2.06. The van der Waals surface area contributed by atoms with Crippen LogP contribution in [-0.2, 0) is 11.4 Å². The number of hydrogen-bond acceptors (Lipinski definition) is 5. The SMILES string of the molecule is NOCc1cc2c(c(F)c1O)OCO2. The molecular weight excluding hydrogens is 193 g/mol. The van der Waals surface area contributed by atoms with Crippen LogP contribution < -0.4 is 15.4 Å². The number of fused-ring (bicyclic) bond motifs is 1. The molecule has 1 aromatic carbocycles. The van der Waals surface area contributed by atoms with Gasteiger partial charge in [-0.25, -0.2) is 5.90 Å². The average molecular weight is 201 g/mol. The fraction of sp³-hybridized carbons (Fsp3) is 0.250. The van der Waals surface area contributed by atoms with E-state index in [2.05, 4.69) is 4.84 Å². The maximum Gasteiger partial charge on any atom is 0.231 e. The van der Waals surface area contributed by atoms with Gasteiger partial charge in [-0.05, 0) is 6.07 Å². The number of rotatable bonds is 2. The Labute approximate surface area is 78.7 Å². The lowest BCUT2D eigenvalue weighted by Crippen LogP contribution is -2.00. The van der Waals surface area contributed by atoms with Crippen molar-refractivity contribution in [1.82, 2.24) is 0 Å². The molecule has 1 aliphatic heterocycles. The first-order valence-electron chi connectivity index (χ1n) is 3.85. The number of benzene rings is 1. The van der Waals surface area contributed by atoms with Crippen LogP contribution in [0.4, 0.5) is 4.39 Å². The third kappa shape index (κ3) is 1.24. The molecule has 5 nitrogen and oxygen atoms in total. The summed E-state index contributed by atoms with van der Waals surface area (Å²) in [5, 5.41) is 9.35. The highest BCUT2D eigenvalue weighted by molar-refractivity contribution is 5.52. The molecule has 0 saturated carbocycles. The van der Waals surface area contributed by atoms with Crippen molar-refractivity contribution >= 4 is 0 Å². The normalized spacial score (nSPS) is 13.3. The van der Waals surface area contributed by atoms with E-state index < -0.39 is 11.6 Å². The van der Waals surface area contributed by atoms with E-state index in [1.807, 2.05) is 0 Å². The Morgan fingerprint density at radius 3 is 3.07 bits per heavy atom. The number of hydrogen-bond donors (Lipinski definition) is 2. The van der Waals surface area contributed by atoms with Crippen LogP contribution in [0.3, 0.4) is 0 Å². The first-order chi connectivity index (χ1) is 6.74. The molecule has 1 aromatic rings. The summed E-state index contributed by atoms with van der Waals surface area (Å²) >= 11 is 0. The van der Waals surface area contributed by atoms with Crippen molar-refractivity contribution in [3.8, 4) is 17.2 Å². The quantitative estimate of drug-likeness (QED) is 0.687. The van der Waals surface area contributed by atoms with Gasteiger partial charge in [0, 0.05) is 5.56 Å². The lowest BCUT2D eigenvalue weighted by molar-refractivity contribution is 0.121. The van der Waals surface area contributed by atoms with Crippen molar-refractivity contribution in [1.29, 1.82) is 0 Å². The summed E-state index contributed by atoms with van der Waals surface area (Å²) in [7, 11) is 0. The topological polar surface area (TPSA) is 73.9 Å². The van der Waals surface area contributed by atoms with Crippen molar-refractivity contribution in [3.05, 3.63) is 17.4 Å². The summed E-state index contributed by atoms with van der Waals surface area (Å²) in [5.74, 6) is 3.60. The zero-order chi connectivity index (χ0) is 10.1. The minimum Gasteiger partial charge on any atom is -0.504 e. The van der Waals surface area contributed by atoms with Crippen molar-refractivity contribution < 1.29 is 23.8 Å². The molecule has 0 atom stereocenters. The molecule has 76 valence electrons. The number of nitrogens with two attached hydrogens (primary N) is 1. The van der Waals surface area contributed by atoms with E-state index in [0.717, 1.165) is 0 Å². The Bertz CT molecular complexity index is 369.